The average molecular weight is 315 g/mol. The van der Waals surface area contributed by atoms with Gasteiger partial charge in [0.2, 0.25) is 5.91 Å². The second-order valence-corrected chi connectivity index (χ2v) is 6.09. The van der Waals surface area contributed by atoms with Gasteiger partial charge in [-0.3, -0.25) is 4.79 Å². The number of rotatable bonds is 6. The molecule has 4 nitrogen and oxygen atoms in total. The Hall–Kier alpha value is -2.27. The normalized spacial score (nSPS) is 11.7. The minimum atomic E-state index is -1.05. The highest BCUT2D eigenvalue weighted by atomic mass is 32.2. The Morgan fingerprint density at radius 2 is 1.73 bits per heavy atom. The van der Waals surface area contributed by atoms with E-state index in [0.717, 1.165) is 5.56 Å². The zero-order valence-corrected chi connectivity index (χ0v) is 13.0. The lowest BCUT2D eigenvalue weighted by Gasteiger charge is -2.12. The van der Waals surface area contributed by atoms with Crippen molar-refractivity contribution in [3.8, 4) is 0 Å². The van der Waals surface area contributed by atoms with E-state index >= 15 is 0 Å². The highest BCUT2D eigenvalue weighted by Gasteiger charge is 2.13. The van der Waals surface area contributed by atoms with Gasteiger partial charge in [0.05, 0.1) is 17.0 Å². The van der Waals surface area contributed by atoms with Crippen molar-refractivity contribution in [3.05, 3.63) is 65.7 Å². The van der Waals surface area contributed by atoms with Gasteiger partial charge in [0.25, 0.3) is 0 Å². The van der Waals surface area contributed by atoms with Crippen LogP contribution in [0.3, 0.4) is 0 Å². The summed E-state index contributed by atoms with van der Waals surface area (Å²) in [6.45, 7) is 2.04. The van der Waals surface area contributed by atoms with Crippen LogP contribution in [0.5, 0.6) is 0 Å². The summed E-state index contributed by atoms with van der Waals surface area (Å²) >= 11 is 1.51. The number of carboxylic acids is 1. The van der Waals surface area contributed by atoms with Crippen molar-refractivity contribution in [3.63, 3.8) is 0 Å². The van der Waals surface area contributed by atoms with Crippen LogP contribution in [0.2, 0.25) is 0 Å². The molecule has 2 aromatic carbocycles. The van der Waals surface area contributed by atoms with Crippen LogP contribution in [0.15, 0.2) is 54.6 Å². The Morgan fingerprint density at radius 3 is 2.41 bits per heavy atom. The van der Waals surface area contributed by atoms with Crippen LogP contribution in [-0.4, -0.2) is 22.7 Å². The summed E-state index contributed by atoms with van der Waals surface area (Å²) < 4.78 is 0. The zero-order chi connectivity index (χ0) is 15.9. The molecule has 0 aromatic heterocycles. The predicted octanol–water partition coefficient (Wildman–Crippen LogP) is 3.82. The second kappa shape index (κ2) is 7.66. The molecule has 2 N–H and O–H groups in total. The Bertz CT molecular complexity index is 658. The first-order valence-electron chi connectivity index (χ1n) is 6.86. The largest absolute Gasteiger partial charge is 0.478 e. The van der Waals surface area contributed by atoms with Crippen LogP contribution in [0, 0.1) is 0 Å². The molecule has 22 heavy (non-hydrogen) atoms. The van der Waals surface area contributed by atoms with Gasteiger partial charge in [-0.25, -0.2) is 4.79 Å². The molecule has 1 unspecified atom stereocenters. The molecule has 0 aliphatic rings. The molecule has 0 aliphatic carbocycles. The molecule has 1 amide bonds. The van der Waals surface area contributed by atoms with Crippen LogP contribution in [0.25, 0.3) is 0 Å². The maximum Gasteiger partial charge on any atom is 0.337 e. The molecule has 0 radical (unpaired) electrons. The van der Waals surface area contributed by atoms with E-state index in [9.17, 15) is 9.59 Å². The number of carboxylic acid groups (broad SMARTS) is 1. The molecule has 5 heteroatoms. The highest BCUT2D eigenvalue weighted by molar-refractivity contribution is 8.00. The molecule has 2 rings (SSSR count). The summed E-state index contributed by atoms with van der Waals surface area (Å²) in [5.74, 6) is -0.994. The molecule has 1 atom stereocenters. The second-order valence-electron chi connectivity index (χ2n) is 4.76. The molecule has 114 valence electrons. The van der Waals surface area contributed by atoms with Gasteiger partial charge in [-0.05, 0) is 24.6 Å². The number of nitrogens with one attached hydrogen (secondary N) is 1. The van der Waals surface area contributed by atoms with Crippen molar-refractivity contribution in [2.75, 3.05) is 11.1 Å². The SMILES string of the molecule is CC(SCC(=O)Nc1ccccc1C(=O)O)c1ccccc1. The van der Waals surface area contributed by atoms with Crippen molar-refractivity contribution < 1.29 is 14.7 Å². The number of anilines is 1. The average Bonchev–Trinajstić information content (AvgIpc) is 2.53. The summed E-state index contributed by atoms with van der Waals surface area (Å²) in [7, 11) is 0. The van der Waals surface area contributed by atoms with E-state index in [1.165, 1.54) is 17.8 Å². The number of hydrogen-bond donors (Lipinski definition) is 2. The molecule has 0 spiro atoms. The van der Waals surface area contributed by atoms with Gasteiger partial charge >= 0.3 is 5.97 Å². The summed E-state index contributed by atoms with van der Waals surface area (Å²) in [6, 6.07) is 16.3. The fraction of sp³-hybridized carbons (Fsp3) is 0.176. The van der Waals surface area contributed by atoms with Gasteiger partial charge < -0.3 is 10.4 Å². The monoisotopic (exact) mass is 315 g/mol. The lowest BCUT2D eigenvalue weighted by Crippen LogP contribution is -2.17. The maximum absolute atomic E-state index is 12.0. The van der Waals surface area contributed by atoms with Gasteiger partial charge in [0, 0.05) is 5.25 Å². The van der Waals surface area contributed by atoms with Crippen LogP contribution in [0.1, 0.15) is 28.1 Å². The smallest absolute Gasteiger partial charge is 0.337 e. The van der Waals surface area contributed by atoms with Crippen molar-refractivity contribution in [2.24, 2.45) is 0 Å². The molecular formula is C17H17NO3S. The molecule has 0 aliphatic heterocycles. The van der Waals surface area contributed by atoms with E-state index < -0.39 is 5.97 Å². The standard InChI is InChI=1S/C17H17NO3S/c1-12(13-7-3-2-4-8-13)22-11-16(19)18-15-10-6-5-9-14(15)17(20)21/h2-10,12H,11H2,1H3,(H,18,19)(H,20,21). The predicted molar refractivity (Wildman–Crippen MR) is 89.3 cm³/mol. The maximum atomic E-state index is 12.0. The molecule has 0 bridgehead atoms. The molecule has 0 saturated carbocycles. The highest BCUT2D eigenvalue weighted by Crippen LogP contribution is 2.27. The lowest BCUT2D eigenvalue weighted by molar-refractivity contribution is -0.113. The molecule has 0 fully saturated rings. The van der Waals surface area contributed by atoms with Gasteiger partial charge in [0.15, 0.2) is 0 Å². The number of carbonyl (C=O) groups excluding carboxylic acids is 1. The third kappa shape index (κ3) is 4.36. The van der Waals surface area contributed by atoms with Crippen molar-refractivity contribution >= 4 is 29.3 Å². The first-order valence-corrected chi connectivity index (χ1v) is 7.91. The Balaban J connectivity index is 1.93. The minimum absolute atomic E-state index is 0.0944. The minimum Gasteiger partial charge on any atom is -0.478 e. The van der Waals surface area contributed by atoms with E-state index in [-0.39, 0.29) is 22.5 Å². The van der Waals surface area contributed by atoms with E-state index in [0.29, 0.717) is 5.69 Å². The van der Waals surface area contributed by atoms with E-state index in [4.69, 9.17) is 5.11 Å². The van der Waals surface area contributed by atoms with Crippen LogP contribution >= 0.6 is 11.8 Å². The van der Waals surface area contributed by atoms with Crippen molar-refractivity contribution in [1.29, 1.82) is 0 Å². The lowest BCUT2D eigenvalue weighted by atomic mass is 10.2. The van der Waals surface area contributed by atoms with Crippen LogP contribution in [-0.2, 0) is 4.79 Å². The number of para-hydroxylation sites is 1. The summed E-state index contributed by atoms with van der Waals surface area (Å²) in [6.07, 6.45) is 0. The van der Waals surface area contributed by atoms with Gasteiger partial charge in [-0.15, -0.1) is 11.8 Å². The molecule has 2 aromatic rings. The summed E-state index contributed by atoms with van der Waals surface area (Å²) in [5.41, 5.74) is 1.58. The van der Waals surface area contributed by atoms with Crippen molar-refractivity contribution in [2.45, 2.75) is 12.2 Å². The number of aromatic carboxylic acids is 1. The third-order valence-corrected chi connectivity index (χ3v) is 4.37. The quantitative estimate of drug-likeness (QED) is 0.850. The zero-order valence-electron chi connectivity index (χ0n) is 12.2. The first kappa shape index (κ1) is 16.1. The van der Waals surface area contributed by atoms with Crippen molar-refractivity contribution in [1.82, 2.24) is 0 Å². The number of amides is 1. The van der Waals surface area contributed by atoms with Crippen LogP contribution < -0.4 is 5.32 Å². The fourth-order valence-corrected chi connectivity index (χ4v) is 2.81. The molecule has 0 saturated heterocycles. The Labute approximate surface area is 133 Å². The number of carbonyl (C=O) groups is 2. The number of benzene rings is 2. The van der Waals surface area contributed by atoms with E-state index in [2.05, 4.69) is 5.32 Å². The van der Waals surface area contributed by atoms with E-state index in [1.54, 1.807) is 18.2 Å². The van der Waals surface area contributed by atoms with Gasteiger partial charge in [-0.2, -0.15) is 0 Å². The summed E-state index contributed by atoms with van der Waals surface area (Å²) in [4.78, 5) is 23.1. The first-order chi connectivity index (χ1) is 10.6. The van der Waals surface area contributed by atoms with Crippen LogP contribution in [0.4, 0.5) is 5.69 Å². The third-order valence-electron chi connectivity index (χ3n) is 3.16. The summed E-state index contributed by atoms with van der Waals surface area (Å²) in [5, 5.41) is 11.9. The Kier molecular flexibility index (Phi) is 5.61. The number of thioether (sulfide) groups is 1. The Morgan fingerprint density at radius 1 is 1.09 bits per heavy atom. The van der Waals surface area contributed by atoms with Gasteiger partial charge in [0.1, 0.15) is 0 Å². The number of hydrogen-bond acceptors (Lipinski definition) is 3. The van der Waals surface area contributed by atoms with Gasteiger partial charge in [-0.1, -0.05) is 42.5 Å². The molecular weight excluding hydrogens is 298 g/mol. The topological polar surface area (TPSA) is 66.4 Å². The fourth-order valence-electron chi connectivity index (χ4n) is 1.99. The van der Waals surface area contributed by atoms with E-state index in [1.807, 2.05) is 37.3 Å². The molecule has 0 heterocycles.